The van der Waals surface area contributed by atoms with Crippen LogP contribution in [0.3, 0.4) is 0 Å². The van der Waals surface area contributed by atoms with Crippen LogP contribution >= 0.6 is 0 Å². The van der Waals surface area contributed by atoms with Crippen LogP contribution < -0.4 is 4.72 Å². The van der Waals surface area contributed by atoms with Gasteiger partial charge in [0.05, 0.1) is 11.0 Å². The number of rotatable bonds is 4. The first-order chi connectivity index (χ1) is 8.62. The van der Waals surface area contributed by atoms with Crippen LogP contribution in [0.4, 0.5) is 10.1 Å². The van der Waals surface area contributed by atoms with Gasteiger partial charge < -0.3 is 4.55 Å². The summed E-state index contributed by atoms with van der Waals surface area (Å²) in [6.45, 7) is 6.97. The molecular formula is C12H17FN2O3S. The maximum Gasteiger partial charge on any atom is 0.269 e. The molecule has 0 fully saturated rings. The van der Waals surface area contributed by atoms with E-state index >= 15 is 0 Å². The molecule has 2 atom stereocenters. The molecule has 0 saturated heterocycles. The van der Waals surface area contributed by atoms with Gasteiger partial charge in [0.2, 0.25) is 0 Å². The van der Waals surface area contributed by atoms with Crippen LogP contribution in [0.25, 0.3) is 0 Å². The van der Waals surface area contributed by atoms with Crippen LogP contribution in [0.1, 0.15) is 39.3 Å². The first-order valence-corrected chi connectivity index (χ1v) is 6.90. The Hall–Kier alpha value is -1.18. The van der Waals surface area contributed by atoms with Gasteiger partial charge in [-0.05, 0) is 33.8 Å². The summed E-state index contributed by atoms with van der Waals surface area (Å²) in [7, 11) is 0. The number of hydrogen-bond donors (Lipinski definition) is 1. The van der Waals surface area contributed by atoms with Crippen molar-refractivity contribution in [3.8, 4) is 0 Å². The van der Waals surface area contributed by atoms with Crippen molar-refractivity contribution in [1.82, 2.24) is 4.72 Å². The molecule has 0 unspecified atom stereocenters. The van der Waals surface area contributed by atoms with Crippen molar-refractivity contribution < 1.29 is 13.9 Å². The number of nitro benzene ring substituents is 1. The van der Waals surface area contributed by atoms with Crippen LogP contribution in [0.5, 0.6) is 0 Å². The molecular weight excluding hydrogens is 271 g/mol. The number of non-ortho nitro benzene ring substituents is 1. The van der Waals surface area contributed by atoms with Gasteiger partial charge in [0, 0.05) is 29.1 Å². The Kier molecular flexibility index (Phi) is 4.89. The van der Waals surface area contributed by atoms with Gasteiger partial charge in [-0.25, -0.2) is 4.39 Å². The standard InChI is InChI=1S/C12H17FN2O3S/c1-8(14-19(18)12(2,3)4)10-7-9(15(16)17)5-6-11(10)13/h5-8,14H,1-4H3/t8-,19-/m0/s1. The molecule has 0 heterocycles. The number of nitrogens with one attached hydrogen (secondary N) is 1. The normalized spacial score (nSPS) is 15.1. The van der Waals surface area contributed by atoms with E-state index in [0.717, 1.165) is 18.2 Å². The molecule has 19 heavy (non-hydrogen) atoms. The fourth-order valence-corrected chi connectivity index (χ4v) is 2.18. The topological polar surface area (TPSA) is 78.2 Å². The van der Waals surface area contributed by atoms with Gasteiger partial charge in [-0.2, -0.15) is 0 Å². The lowest BCUT2D eigenvalue weighted by molar-refractivity contribution is -0.385. The van der Waals surface area contributed by atoms with E-state index in [0.29, 0.717) is 0 Å². The van der Waals surface area contributed by atoms with Crippen LogP contribution in [-0.4, -0.2) is 14.2 Å². The largest absolute Gasteiger partial charge is 0.598 e. The summed E-state index contributed by atoms with van der Waals surface area (Å²) in [5, 5.41) is 10.7. The van der Waals surface area contributed by atoms with E-state index < -0.39 is 32.9 Å². The summed E-state index contributed by atoms with van der Waals surface area (Å²) in [5.74, 6) is -0.559. The second kappa shape index (κ2) is 5.85. The van der Waals surface area contributed by atoms with Crippen molar-refractivity contribution in [3.63, 3.8) is 0 Å². The van der Waals surface area contributed by atoms with Crippen molar-refractivity contribution in [2.45, 2.75) is 38.5 Å². The van der Waals surface area contributed by atoms with E-state index in [2.05, 4.69) is 4.72 Å². The average Bonchev–Trinajstić information content (AvgIpc) is 2.27. The summed E-state index contributed by atoms with van der Waals surface area (Å²) in [6.07, 6.45) is 0. The van der Waals surface area contributed by atoms with Gasteiger partial charge >= 0.3 is 0 Å². The van der Waals surface area contributed by atoms with E-state index in [-0.39, 0.29) is 11.3 Å². The van der Waals surface area contributed by atoms with Gasteiger partial charge in [0.15, 0.2) is 0 Å². The Bertz CT molecular complexity index is 477. The van der Waals surface area contributed by atoms with Crippen LogP contribution in [-0.2, 0) is 11.4 Å². The summed E-state index contributed by atoms with van der Waals surface area (Å²) < 4.78 is 27.8. The van der Waals surface area contributed by atoms with Crippen LogP contribution in [0.15, 0.2) is 18.2 Å². The molecule has 0 aromatic heterocycles. The highest BCUT2D eigenvalue weighted by molar-refractivity contribution is 7.90. The molecule has 0 saturated carbocycles. The lowest BCUT2D eigenvalue weighted by Crippen LogP contribution is -2.40. The summed E-state index contributed by atoms with van der Waals surface area (Å²) in [6, 6.07) is 2.73. The molecule has 1 aromatic rings. The number of nitrogens with zero attached hydrogens (tertiary/aromatic N) is 1. The van der Waals surface area contributed by atoms with E-state index in [1.165, 1.54) is 0 Å². The molecule has 1 aromatic carbocycles. The van der Waals surface area contributed by atoms with Gasteiger partial charge in [-0.1, -0.05) is 0 Å². The number of hydrogen-bond acceptors (Lipinski definition) is 4. The molecule has 1 N–H and O–H groups in total. The van der Waals surface area contributed by atoms with E-state index in [4.69, 9.17) is 0 Å². The molecule has 0 aliphatic carbocycles. The zero-order chi connectivity index (χ0) is 14.8. The molecule has 0 bridgehead atoms. The highest BCUT2D eigenvalue weighted by atomic mass is 32.2. The molecule has 7 heteroatoms. The second-order valence-electron chi connectivity index (χ2n) is 5.18. The van der Waals surface area contributed by atoms with Crippen LogP contribution in [0.2, 0.25) is 0 Å². The number of nitro groups is 1. The van der Waals surface area contributed by atoms with Crippen LogP contribution in [0, 0.1) is 15.9 Å². The summed E-state index contributed by atoms with van der Waals surface area (Å²) >= 11 is -1.38. The molecule has 1 rings (SSSR count). The van der Waals surface area contributed by atoms with Crippen molar-refractivity contribution in [1.29, 1.82) is 0 Å². The van der Waals surface area contributed by atoms with E-state index in [1.54, 1.807) is 27.7 Å². The monoisotopic (exact) mass is 288 g/mol. The highest BCUT2D eigenvalue weighted by Gasteiger charge is 2.29. The Morgan fingerprint density at radius 3 is 2.47 bits per heavy atom. The zero-order valence-electron chi connectivity index (χ0n) is 11.3. The van der Waals surface area contributed by atoms with Crippen molar-refractivity contribution >= 4 is 17.0 Å². The molecule has 0 aliphatic rings. The van der Waals surface area contributed by atoms with Crippen molar-refractivity contribution in [3.05, 3.63) is 39.7 Å². The Labute approximate surface area is 114 Å². The first kappa shape index (κ1) is 15.9. The second-order valence-corrected chi connectivity index (χ2v) is 7.18. The van der Waals surface area contributed by atoms with Gasteiger partial charge in [-0.3, -0.25) is 10.1 Å². The van der Waals surface area contributed by atoms with Gasteiger partial charge in [-0.15, -0.1) is 4.72 Å². The fraction of sp³-hybridized carbons (Fsp3) is 0.500. The van der Waals surface area contributed by atoms with Crippen molar-refractivity contribution in [2.24, 2.45) is 0 Å². The third-order valence-electron chi connectivity index (χ3n) is 2.50. The predicted molar refractivity (Wildman–Crippen MR) is 72.5 cm³/mol. The average molecular weight is 288 g/mol. The third kappa shape index (κ3) is 4.15. The highest BCUT2D eigenvalue weighted by Crippen LogP contribution is 2.25. The zero-order valence-corrected chi connectivity index (χ0v) is 12.1. The summed E-state index contributed by atoms with van der Waals surface area (Å²) in [4.78, 5) is 10.1. The fourth-order valence-electron chi connectivity index (χ4n) is 1.38. The van der Waals surface area contributed by atoms with E-state index in [9.17, 15) is 19.1 Å². The molecule has 5 nitrogen and oxygen atoms in total. The Balaban J connectivity index is 2.96. The predicted octanol–water partition coefficient (Wildman–Crippen LogP) is 2.85. The Morgan fingerprint density at radius 2 is 2.00 bits per heavy atom. The molecule has 0 spiro atoms. The first-order valence-electron chi connectivity index (χ1n) is 5.75. The molecule has 0 radical (unpaired) electrons. The quantitative estimate of drug-likeness (QED) is 0.525. The smallest absolute Gasteiger partial charge is 0.269 e. The summed E-state index contributed by atoms with van der Waals surface area (Å²) in [5.41, 5.74) is -0.0570. The van der Waals surface area contributed by atoms with Gasteiger partial charge in [0.1, 0.15) is 10.6 Å². The Morgan fingerprint density at radius 1 is 1.42 bits per heavy atom. The number of benzene rings is 1. The van der Waals surface area contributed by atoms with E-state index in [1.807, 2.05) is 0 Å². The molecule has 106 valence electrons. The molecule has 0 aliphatic heterocycles. The van der Waals surface area contributed by atoms with Gasteiger partial charge in [0.25, 0.3) is 5.69 Å². The minimum atomic E-state index is -1.38. The maximum atomic E-state index is 13.7. The molecule has 0 amide bonds. The minimum absolute atomic E-state index is 0.131. The SMILES string of the molecule is C[C@H](N[S@@+]([O-])C(C)(C)C)c1cc([N+](=O)[O-])ccc1F. The maximum absolute atomic E-state index is 13.7. The lowest BCUT2D eigenvalue weighted by Gasteiger charge is -2.26. The number of halogens is 1. The van der Waals surface area contributed by atoms with Crippen molar-refractivity contribution in [2.75, 3.05) is 0 Å². The lowest BCUT2D eigenvalue weighted by atomic mass is 10.1. The minimum Gasteiger partial charge on any atom is -0.598 e. The third-order valence-corrected chi connectivity index (χ3v) is 4.18.